The van der Waals surface area contributed by atoms with Gasteiger partial charge in [-0.1, -0.05) is 291 Å². The first kappa shape index (κ1) is 93.2. The van der Waals surface area contributed by atoms with Crippen LogP contribution in [0.4, 0.5) is 0 Å². The van der Waals surface area contributed by atoms with Gasteiger partial charge < -0.3 is 89.1 Å². The molecular weight excluding hydrogens is 1330 g/mol. The Morgan fingerprint density at radius 1 is 0.376 bits per heavy atom. The van der Waals surface area contributed by atoms with Crippen LogP contribution in [0, 0.1) is 5.92 Å². The molecule has 0 bridgehead atoms. The van der Waals surface area contributed by atoms with Crippen LogP contribution in [0.25, 0.3) is 0 Å². The van der Waals surface area contributed by atoms with Crippen molar-refractivity contribution in [2.75, 3.05) is 26.4 Å². The molecule has 0 aromatic heterocycles. The second kappa shape index (κ2) is 57.1. The number of phosphoric ester groups is 1. The van der Waals surface area contributed by atoms with Gasteiger partial charge in [0.05, 0.1) is 13.2 Å². The van der Waals surface area contributed by atoms with E-state index in [4.69, 9.17) is 42.2 Å². The summed E-state index contributed by atoms with van der Waals surface area (Å²) < 4.78 is 65.2. The molecule has 101 heavy (non-hydrogen) atoms. The summed E-state index contributed by atoms with van der Waals surface area (Å²) in [6.45, 7) is 5.82. The lowest BCUT2D eigenvalue weighted by atomic mass is 9.84. The molecule has 596 valence electrons. The molecule has 25 heteroatoms. The molecule has 2 aliphatic heterocycles. The van der Waals surface area contributed by atoms with E-state index in [1.54, 1.807) is 0 Å². The van der Waals surface area contributed by atoms with Crippen LogP contribution in [0.2, 0.25) is 0 Å². The highest BCUT2D eigenvalue weighted by atomic mass is 31.2. The largest absolute Gasteiger partial charge is 0.472 e. The molecule has 0 spiro atoms. The van der Waals surface area contributed by atoms with E-state index in [-0.39, 0.29) is 19.3 Å². The van der Waals surface area contributed by atoms with Crippen molar-refractivity contribution >= 4 is 25.7 Å². The Morgan fingerprint density at radius 3 is 1.07 bits per heavy atom. The molecule has 0 amide bonds. The van der Waals surface area contributed by atoms with Crippen LogP contribution in [0.5, 0.6) is 0 Å². The minimum atomic E-state index is -5.70. The number of carbonyl (C=O) groups excluding carboxylic acids is 3. The monoisotopic (exact) mass is 1470 g/mol. The summed E-state index contributed by atoms with van der Waals surface area (Å²) >= 11 is 0. The van der Waals surface area contributed by atoms with Gasteiger partial charge in [-0.3, -0.25) is 23.4 Å². The van der Waals surface area contributed by atoms with Crippen molar-refractivity contribution in [2.45, 2.75) is 434 Å². The molecule has 3 fully saturated rings. The number of aliphatic hydroxyl groups excluding tert-OH is 10. The molecule has 11 N–H and O–H groups in total. The average Bonchev–Trinajstić information content (AvgIpc) is 0.762. The van der Waals surface area contributed by atoms with Crippen LogP contribution in [0.15, 0.2) is 0 Å². The zero-order valence-corrected chi connectivity index (χ0v) is 63.5. The van der Waals surface area contributed by atoms with E-state index < -0.39 is 156 Å². The van der Waals surface area contributed by atoms with Gasteiger partial charge in [0.25, 0.3) is 0 Å². The van der Waals surface area contributed by atoms with Gasteiger partial charge in [0, 0.05) is 19.3 Å². The third kappa shape index (κ3) is 40.1. The summed E-state index contributed by atoms with van der Waals surface area (Å²) in [4.78, 5) is 51.2. The molecule has 19 atom stereocenters. The van der Waals surface area contributed by atoms with E-state index >= 15 is 0 Å². The van der Waals surface area contributed by atoms with Crippen molar-refractivity contribution in [2.24, 2.45) is 5.92 Å². The average molecular weight is 1470 g/mol. The van der Waals surface area contributed by atoms with Gasteiger partial charge in [-0.2, -0.15) is 0 Å². The summed E-state index contributed by atoms with van der Waals surface area (Å²) in [6, 6.07) is 0. The van der Waals surface area contributed by atoms with Crippen LogP contribution >= 0.6 is 7.82 Å². The standard InChI is InChI=1S/C76H143O24P/c1-5-8-11-14-17-19-21-23-24-25-26-28-30-32-34-41-46-51-62(80)95-57(53-92-60(78)49-44-40-36-35-38-43-48-56(4)47-42-37-16-13-10-7-3)54-94-101(90,91)100-74-72(98-75-70(88)65(83)63(81)58(52-77)96-75)68(86)67(85)69(87)73(74)99-76-71(89)66(84)64(82)59(97-76)55-93-61(79)50-45-39-33-31-29-27-22-20-18-15-12-9-6-2/h56-59,63-77,81-89H,5-55H2,1-4H3,(H,90,91). The van der Waals surface area contributed by atoms with E-state index in [9.17, 15) is 74.9 Å². The van der Waals surface area contributed by atoms with E-state index in [0.29, 0.717) is 25.2 Å². The Morgan fingerprint density at radius 2 is 0.693 bits per heavy atom. The first-order chi connectivity index (χ1) is 48.7. The molecule has 0 radical (unpaired) electrons. The third-order valence-corrected chi connectivity index (χ3v) is 21.3. The lowest BCUT2D eigenvalue weighted by molar-refractivity contribution is -0.360. The molecule has 19 unspecified atom stereocenters. The zero-order valence-electron chi connectivity index (χ0n) is 62.6. The lowest BCUT2D eigenvalue weighted by Gasteiger charge is -2.49. The third-order valence-electron chi connectivity index (χ3n) is 20.3. The highest BCUT2D eigenvalue weighted by Crippen LogP contribution is 2.49. The maximum Gasteiger partial charge on any atom is 0.472 e. The highest BCUT2D eigenvalue weighted by Gasteiger charge is 2.58. The van der Waals surface area contributed by atoms with E-state index in [1.807, 2.05) is 0 Å². The molecule has 0 aromatic carbocycles. The van der Waals surface area contributed by atoms with Crippen molar-refractivity contribution in [3.8, 4) is 0 Å². The zero-order chi connectivity index (χ0) is 74.1. The number of rotatable bonds is 63. The van der Waals surface area contributed by atoms with Crippen LogP contribution in [-0.4, -0.2) is 204 Å². The SMILES string of the molecule is CCCCCCCCCCCCCCCCCCCC(=O)OC(COC(=O)CCCCCCCCC(C)CCCCCCCC)COP(=O)(O)OC1C(OC2OC(CO)C(O)C(O)C2O)C(O)C(O)C(O)C1OC1OC(COC(=O)CCCCCCCCCCCCCCC)C(O)C(O)C1O. The maximum absolute atomic E-state index is 14.4. The van der Waals surface area contributed by atoms with E-state index in [0.717, 1.165) is 96.3 Å². The second-order valence-electron chi connectivity index (χ2n) is 29.4. The quantitative estimate of drug-likeness (QED) is 0.0117. The van der Waals surface area contributed by atoms with Gasteiger partial charge in [0.15, 0.2) is 18.7 Å². The maximum atomic E-state index is 14.4. The van der Waals surface area contributed by atoms with E-state index in [2.05, 4.69) is 27.7 Å². The molecule has 2 heterocycles. The Balaban J connectivity index is 1.72. The number of esters is 3. The predicted octanol–water partition coefficient (Wildman–Crippen LogP) is 12.0. The first-order valence-corrected chi connectivity index (χ1v) is 41.7. The smallest absolute Gasteiger partial charge is 0.463 e. The van der Waals surface area contributed by atoms with E-state index in [1.165, 1.54) is 167 Å². The number of carbonyl (C=O) groups is 3. The van der Waals surface area contributed by atoms with Crippen molar-refractivity contribution in [3.63, 3.8) is 0 Å². The fourth-order valence-corrected chi connectivity index (χ4v) is 14.6. The number of hydrogen-bond acceptors (Lipinski definition) is 23. The molecule has 24 nitrogen and oxygen atoms in total. The number of unbranched alkanes of at least 4 members (excludes halogenated alkanes) is 38. The number of ether oxygens (including phenoxy) is 7. The van der Waals surface area contributed by atoms with Gasteiger partial charge >= 0.3 is 25.7 Å². The first-order valence-electron chi connectivity index (χ1n) is 40.2. The number of aliphatic hydroxyl groups is 10. The van der Waals surface area contributed by atoms with Crippen molar-refractivity contribution < 1.29 is 117 Å². The minimum absolute atomic E-state index is 0.0332. The Kier molecular flexibility index (Phi) is 52.7. The second-order valence-corrected chi connectivity index (χ2v) is 30.8. The van der Waals surface area contributed by atoms with Crippen LogP contribution in [-0.2, 0) is 61.2 Å². The summed E-state index contributed by atoms with van der Waals surface area (Å²) in [5.74, 6) is -1.27. The summed E-state index contributed by atoms with van der Waals surface area (Å²) in [7, 11) is -5.70. The van der Waals surface area contributed by atoms with Crippen LogP contribution in [0.3, 0.4) is 0 Å². The van der Waals surface area contributed by atoms with Gasteiger partial charge in [-0.25, -0.2) is 4.57 Å². The predicted molar refractivity (Wildman–Crippen MR) is 384 cm³/mol. The van der Waals surface area contributed by atoms with Crippen molar-refractivity contribution in [3.05, 3.63) is 0 Å². The fourth-order valence-electron chi connectivity index (χ4n) is 13.7. The van der Waals surface area contributed by atoms with Crippen LogP contribution < -0.4 is 0 Å². The number of phosphoric acid groups is 1. The molecule has 2 saturated heterocycles. The summed E-state index contributed by atoms with van der Waals surface area (Å²) in [5, 5.41) is 110. The lowest BCUT2D eigenvalue weighted by Crippen LogP contribution is -2.69. The Bertz CT molecular complexity index is 2100. The van der Waals surface area contributed by atoms with Gasteiger partial charge in [0.1, 0.15) is 98.7 Å². The van der Waals surface area contributed by atoms with Gasteiger partial charge in [-0.05, 0) is 25.2 Å². The molecule has 1 aliphatic carbocycles. The highest BCUT2D eigenvalue weighted by molar-refractivity contribution is 7.47. The summed E-state index contributed by atoms with van der Waals surface area (Å²) in [5.41, 5.74) is 0. The normalized spacial score (nSPS) is 27.4. The fraction of sp³-hybridized carbons (Fsp3) is 0.961. The Labute approximate surface area is 606 Å². The van der Waals surface area contributed by atoms with Crippen molar-refractivity contribution in [1.82, 2.24) is 0 Å². The van der Waals surface area contributed by atoms with Crippen LogP contribution in [0.1, 0.15) is 329 Å². The Hall–Kier alpha value is -2.04. The topological polar surface area (TPSA) is 374 Å². The minimum Gasteiger partial charge on any atom is -0.463 e. The summed E-state index contributed by atoms with van der Waals surface area (Å²) in [6.07, 6.45) is 14.3. The number of hydrogen-bond donors (Lipinski definition) is 11. The van der Waals surface area contributed by atoms with Gasteiger partial charge in [0.2, 0.25) is 0 Å². The molecular formula is C76H143O24P. The molecule has 3 aliphatic rings. The molecule has 3 rings (SSSR count). The van der Waals surface area contributed by atoms with Crippen molar-refractivity contribution in [1.29, 1.82) is 0 Å². The van der Waals surface area contributed by atoms with Gasteiger partial charge in [-0.15, -0.1) is 0 Å². The molecule has 1 saturated carbocycles. The molecule has 0 aromatic rings.